The van der Waals surface area contributed by atoms with Crippen LogP contribution in [0.5, 0.6) is 0 Å². The number of hydrogen-bond acceptors (Lipinski definition) is 3. The highest BCUT2D eigenvalue weighted by molar-refractivity contribution is 5.93. The zero-order valence-electron chi connectivity index (χ0n) is 21.0. The summed E-state index contributed by atoms with van der Waals surface area (Å²) in [5.41, 5.74) is 1.76. The predicted molar refractivity (Wildman–Crippen MR) is 124 cm³/mol. The first kappa shape index (κ1) is 23.1. The van der Waals surface area contributed by atoms with E-state index in [0.717, 1.165) is 30.8 Å². The molecule has 0 aromatic rings. The zero-order chi connectivity index (χ0) is 22.8. The molecule has 3 nitrogen and oxygen atoms in total. The summed E-state index contributed by atoms with van der Waals surface area (Å²) in [6.45, 7) is 15.6. The average Bonchev–Trinajstić information content (AvgIpc) is 2.68. The normalized spacial score (nSPS) is 49.2. The van der Waals surface area contributed by atoms with Crippen molar-refractivity contribution in [1.82, 2.24) is 0 Å². The fourth-order valence-corrected chi connectivity index (χ4v) is 9.50. The van der Waals surface area contributed by atoms with Gasteiger partial charge in [0.2, 0.25) is 0 Å². The van der Waals surface area contributed by atoms with Crippen LogP contribution in [0, 0.1) is 39.4 Å². The first-order valence-corrected chi connectivity index (χ1v) is 12.8. The Labute approximate surface area is 189 Å². The summed E-state index contributed by atoms with van der Waals surface area (Å²) >= 11 is 0. The molecule has 0 bridgehead atoms. The summed E-state index contributed by atoms with van der Waals surface area (Å²) in [5, 5.41) is 0. The number of fused-ring (bicyclic) bond motifs is 5. The third kappa shape index (κ3) is 3.27. The number of carbonyl (C=O) groups is 2. The van der Waals surface area contributed by atoms with Gasteiger partial charge in [0.25, 0.3) is 0 Å². The maximum absolute atomic E-state index is 12.3. The van der Waals surface area contributed by atoms with E-state index in [1.807, 2.05) is 0 Å². The average molecular weight is 429 g/mol. The molecule has 0 saturated heterocycles. The standard InChI is InChI=1S/C28H44O3/c1-8-25(4)13-9-14-26(5)21(25)12-15-27(6)22-11-10-20(18(2)29)17-28(22,7)24(16-23(26)27)31-19(3)30/h10,21-24H,8-9,11-17H2,1-7H3/t21-,22-,23+,24-,25-,26-,27-,28+/m0/s1. The molecule has 0 unspecified atom stereocenters. The van der Waals surface area contributed by atoms with Gasteiger partial charge in [0.1, 0.15) is 6.10 Å². The van der Waals surface area contributed by atoms with Gasteiger partial charge in [-0.05, 0) is 91.4 Å². The van der Waals surface area contributed by atoms with E-state index in [0.29, 0.717) is 22.7 Å². The number of ketones is 1. The summed E-state index contributed by atoms with van der Waals surface area (Å²) in [6, 6.07) is 0. The summed E-state index contributed by atoms with van der Waals surface area (Å²) in [6.07, 6.45) is 12.6. The van der Waals surface area contributed by atoms with Crippen LogP contribution in [0.15, 0.2) is 11.6 Å². The van der Waals surface area contributed by atoms with Gasteiger partial charge < -0.3 is 4.74 Å². The maximum atomic E-state index is 12.3. The topological polar surface area (TPSA) is 43.4 Å². The van der Waals surface area contributed by atoms with Gasteiger partial charge in [-0.1, -0.05) is 53.5 Å². The molecule has 4 rings (SSSR count). The molecule has 31 heavy (non-hydrogen) atoms. The molecule has 3 saturated carbocycles. The Morgan fingerprint density at radius 1 is 0.968 bits per heavy atom. The van der Waals surface area contributed by atoms with E-state index in [2.05, 4.69) is 40.7 Å². The number of allylic oxidation sites excluding steroid dienone is 2. The molecular formula is C28H44O3. The maximum Gasteiger partial charge on any atom is 0.302 e. The molecule has 8 atom stereocenters. The minimum Gasteiger partial charge on any atom is -0.462 e. The number of carbonyl (C=O) groups excluding carboxylic acids is 2. The van der Waals surface area contributed by atoms with Crippen molar-refractivity contribution in [3.63, 3.8) is 0 Å². The van der Waals surface area contributed by atoms with E-state index < -0.39 is 0 Å². The van der Waals surface area contributed by atoms with E-state index in [-0.39, 0.29) is 28.7 Å². The van der Waals surface area contributed by atoms with Gasteiger partial charge in [-0.3, -0.25) is 9.59 Å². The van der Waals surface area contributed by atoms with Gasteiger partial charge in [0.05, 0.1) is 0 Å². The smallest absolute Gasteiger partial charge is 0.302 e. The molecule has 3 fully saturated rings. The first-order valence-electron chi connectivity index (χ1n) is 12.8. The van der Waals surface area contributed by atoms with Crippen LogP contribution < -0.4 is 0 Å². The lowest BCUT2D eigenvalue weighted by Gasteiger charge is -2.70. The molecule has 174 valence electrons. The molecule has 0 amide bonds. The van der Waals surface area contributed by atoms with Crippen molar-refractivity contribution in [2.24, 2.45) is 39.4 Å². The molecule has 4 aliphatic rings. The van der Waals surface area contributed by atoms with Gasteiger partial charge in [0.15, 0.2) is 5.78 Å². The fraction of sp³-hybridized carbons (Fsp3) is 0.857. The van der Waals surface area contributed by atoms with Crippen LogP contribution in [0.3, 0.4) is 0 Å². The van der Waals surface area contributed by atoms with Crippen LogP contribution in [0.2, 0.25) is 0 Å². The van der Waals surface area contributed by atoms with Crippen LogP contribution in [0.1, 0.15) is 106 Å². The minimum absolute atomic E-state index is 0.0958. The third-order valence-electron chi connectivity index (χ3n) is 11.2. The highest BCUT2D eigenvalue weighted by atomic mass is 16.5. The minimum atomic E-state index is -0.174. The molecule has 0 radical (unpaired) electrons. The van der Waals surface area contributed by atoms with E-state index in [9.17, 15) is 9.59 Å². The van der Waals surface area contributed by atoms with Crippen LogP contribution in [0.25, 0.3) is 0 Å². The van der Waals surface area contributed by atoms with E-state index >= 15 is 0 Å². The summed E-state index contributed by atoms with van der Waals surface area (Å²) in [5.74, 6) is 1.78. The Kier molecular flexibility index (Phi) is 5.54. The van der Waals surface area contributed by atoms with Gasteiger partial charge in [0, 0.05) is 12.3 Å². The number of rotatable bonds is 3. The van der Waals surface area contributed by atoms with E-state index in [1.165, 1.54) is 38.5 Å². The Bertz CT molecular complexity index is 798. The van der Waals surface area contributed by atoms with Crippen molar-refractivity contribution < 1.29 is 14.3 Å². The van der Waals surface area contributed by atoms with Crippen LogP contribution in [0.4, 0.5) is 0 Å². The lowest BCUT2D eigenvalue weighted by molar-refractivity contribution is -0.232. The zero-order valence-corrected chi connectivity index (χ0v) is 21.0. The quantitative estimate of drug-likeness (QED) is 0.460. The van der Waals surface area contributed by atoms with Crippen LogP contribution in [-0.2, 0) is 14.3 Å². The van der Waals surface area contributed by atoms with Gasteiger partial charge in [-0.25, -0.2) is 0 Å². The monoisotopic (exact) mass is 428 g/mol. The number of ether oxygens (including phenoxy) is 1. The lowest BCUT2D eigenvalue weighted by atomic mass is 9.35. The third-order valence-corrected chi connectivity index (χ3v) is 11.2. The number of hydrogen-bond donors (Lipinski definition) is 0. The SMILES string of the molecule is CC[C@@]1(C)CCC[C@]2(C)[C@H]3C[C@H](OC(C)=O)[C@]4(C)CC(C(C)=O)=CC[C@H]4[C@]3(C)CC[C@@H]12. The second-order valence-corrected chi connectivity index (χ2v) is 12.6. The molecule has 0 aromatic heterocycles. The molecule has 0 aliphatic heterocycles. The van der Waals surface area contributed by atoms with Crippen LogP contribution >= 0.6 is 0 Å². The first-order chi connectivity index (χ1) is 14.4. The second-order valence-electron chi connectivity index (χ2n) is 12.6. The summed E-state index contributed by atoms with van der Waals surface area (Å²) in [7, 11) is 0. The van der Waals surface area contributed by atoms with Crippen LogP contribution in [-0.4, -0.2) is 17.9 Å². The Hall–Kier alpha value is -1.12. The molecule has 0 spiro atoms. The molecule has 3 heteroatoms. The van der Waals surface area contributed by atoms with Crippen molar-refractivity contribution in [2.75, 3.05) is 0 Å². The largest absolute Gasteiger partial charge is 0.462 e. The van der Waals surface area contributed by atoms with Crippen molar-refractivity contribution in [3.05, 3.63) is 11.6 Å². The second kappa shape index (κ2) is 7.45. The Balaban J connectivity index is 1.80. The highest BCUT2D eigenvalue weighted by Crippen LogP contribution is 2.73. The van der Waals surface area contributed by atoms with E-state index in [1.54, 1.807) is 13.8 Å². The highest BCUT2D eigenvalue weighted by Gasteiger charge is 2.67. The van der Waals surface area contributed by atoms with Crippen molar-refractivity contribution >= 4 is 11.8 Å². The number of esters is 1. The Morgan fingerprint density at radius 2 is 1.65 bits per heavy atom. The fourth-order valence-electron chi connectivity index (χ4n) is 9.50. The predicted octanol–water partition coefficient (Wildman–Crippen LogP) is 6.89. The summed E-state index contributed by atoms with van der Waals surface area (Å²) < 4.78 is 6.11. The molecule has 0 heterocycles. The molecule has 0 N–H and O–H groups in total. The molecule has 0 aromatic carbocycles. The van der Waals surface area contributed by atoms with E-state index in [4.69, 9.17) is 4.74 Å². The molecular weight excluding hydrogens is 384 g/mol. The van der Waals surface area contributed by atoms with Gasteiger partial charge >= 0.3 is 5.97 Å². The summed E-state index contributed by atoms with van der Waals surface area (Å²) in [4.78, 5) is 24.5. The van der Waals surface area contributed by atoms with Crippen molar-refractivity contribution in [2.45, 2.75) is 112 Å². The lowest BCUT2D eigenvalue weighted by Crippen LogP contribution is -2.65. The Morgan fingerprint density at radius 3 is 2.26 bits per heavy atom. The van der Waals surface area contributed by atoms with Gasteiger partial charge in [-0.2, -0.15) is 0 Å². The molecule has 4 aliphatic carbocycles. The van der Waals surface area contributed by atoms with Crippen molar-refractivity contribution in [3.8, 4) is 0 Å². The van der Waals surface area contributed by atoms with Crippen molar-refractivity contribution in [1.29, 1.82) is 0 Å². The number of Topliss-reactive ketones (excluding diaryl/α,β-unsaturated/α-hetero) is 1. The van der Waals surface area contributed by atoms with Gasteiger partial charge in [-0.15, -0.1) is 0 Å².